The van der Waals surface area contributed by atoms with Gasteiger partial charge in [-0.15, -0.1) is 0 Å². The van der Waals surface area contributed by atoms with E-state index in [0.29, 0.717) is 49.9 Å². The Bertz CT molecular complexity index is 387. The molecule has 2 heterocycles. The number of hydrogen-bond donors (Lipinski definition) is 1. The maximum atomic E-state index is 10.8. The van der Waals surface area contributed by atoms with Crippen LogP contribution in [0, 0.1) is 0 Å². The van der Waals surface area contributed by atoms with Gasteiger partial charge in [-0.25, -0.2) is 0 Å². The van der Waals surface area contributed by atoms with Crippen molar-refractivity contribution in [2.45, 2.75) is 31.4 Å². The number of nitrogens with zero attached hydrogens (tertiary/aromatic N) is 2. The maximum absolute atomic E-state index is 10.8. The van der Waals surface area contributed by atoms with Gasteiger partial charge in [0.2, 0.25) is 0 Å². The Balaban J connectivity index is 2.26. The number of rotatable bonds is 4. The highest BCUT2D eigenvalue weighted by atomic mass is 35.5. The van der Waals surface area contributed by atoms with Crippen LogP contribution < -0.4 is 0 Å². The van der Waals surface area contributed by atoms with Gasteiger partial charge in [0.05, 0.1) is 30.1 Å². The van der Waals surface area contributed by atoms with E-state index < -0.39 is 5.60 Å². The average Bonchev–Trinajstić information content (AvgIpc) is 2.58. The number of aromatic nitrogens is 2. The first-order chi connectivity index (χ1) is 8.67. The van der Waals surface area contributed by atoms with Crippen LogP contribution in [0.1, 0.15) is 25.0 Å². The zero-order valence-electron chi connectivity index (χ0n) is 10.6. The Morgan fingerprint density at radius 3 is 3.17 bits per heavy atom. The molecular formula is C12H19ClN2O3. The van der Waals surface area contributed by atoms with Crippen LogP contribution in [-0.2, 0) is 21.6 Å². The maximum Gasteiger partial charge on any atom is 0.110 e. The lowest BCUT2D eigenvalue weighted by atomic mass is 9.91. The molecule has 0 saturated carbocycles. The van der Waals surface area contributed by atoms with Crippen molar-refractivity contribution in [2.75, 3.05) is 26.9 Å². The summed E-state index contributed by atoms with van der Waals surface area (Å²) in [6, 6.07) is 0. The smallest absolute Gasteiger partial charge is 0.110 e. The molecule has 1 aliphatic heterocycles. The van der Waals surface area contributed by atoms with Crippen LogP contribution in [0.2, 0.25) is 5.02 Å². The van der Waals surface area contributed by atoms with Crippen molar-refractivity contribution in [1.82, 2.24) is 9.78 Å². The molecule has 102 valence electrons. The molecule has 0 bridgehead atoms. The molecule has 6 heteroatoms. The van der Waals surface area contributed by atoms with E-state index in [0.717, 1.165) is 6.42 Å². The normalized spacial score (nSPS) is 25.1. The van der Waals surface area contributed by atoms with Crippen molar-refractivity contribution in [1.29, 1.82) is 0 Å². The van der Waals surface area contributed by atoms with Crippen molar-refractivity contribution in [3.05, 3.63) is 16.9 Å². The second-order valence-corrected chi connectivity index (χ2v) is 4.96. The third-order valence-electron chi connectivity index (χ3n) is 3.28. The molecule has 1 fully saturated rings. The third-order valence-corrected chi connectivity index (χ3v) is 3.56. The molecule has 5 nitrogen and oxygen atoms in total. The minimum Gasteiger partial charge on any atom is -0.383 e. The summed E-state index contributed by atoms with van der Waals surface area (Å²) in [6.45, 7) is 2.35. The van der Waals surface area contributed by atoms with Crippen LogP contribution in [0.15, 0.2) is 6.20 Å². The highest BCUT2D eigenvalue weighted by Crippen LogP contribution is 2.36. The van der Waals surface area contributed by atoms with Crippen LogP contribution in [-0.4, -0.2) is 41.8 Å². The van der Waals surface area contributed by atoms with E-state index >= 15 is 0 Å². The van der Waals surface area contributed by atoms with Gasteiger partial charge in [0, 0.05) is 26.7 Å². The first-order valence-electron chi connectivity index (χ1n) is 6.18. The lowest BCUT2D eigenvalue weighted by molar-refractivity contribution is 0.00528. The topological polar surface area (TPSA) is 56.5 Å². The standard InChI is InChI=1S/C12H19ClN2O3/c1-17-8-5-15-11(10(13)9-14-15)12(16)3-2-6-18-7-4-12/h9,16H,2-8H2,1H3. The number of ether oxygens (including phenoxy) is 2. The second kappa shape index (κ2) is 6.02. The predicted molar refractivity (Wildman–Crippen MR) is 67.7 cm³/mol. The molecule has 1 N–H and O–H groups in total. The molecule has 2 rings (SSSR count). The first-order valence-corrected chi connectivity index (χ1v) is 6.56. The molecule has 1 atom stereocenters. The second-order valence-electron chi connectivity index (χ2n) is 4.55. The lowest BCUT2D eigenvalue weighted by Crippen LogP contribution is -2.30. The van der Waals surface area contributed by atoms with Crippen molar-refractivity contribution in [2.24, 2.45) is 0 Å². The van der Waals surface area contributed by atoms with Crippen molar-refractivity contribution >= 4 is 11.6 Å². The lowest BCUT2D eigenvalue weighted by Gasteiger charge is -2.27. The van der Waals surface area contributed by atoms with E-state index in [1.54, 1.807) is 18.0 Å². The van der Waals surface area contributed by atoms with Gasteiger partial charge >= 0.3 is 0 Å². The Morgan fingerprint density at radius 2 is 2.39 bits per heavy atom. The largest absolute Gasteiger partial charge is 0.383 e. The quantitative estimate of drug-likeness (QED) is 0.906. The summed E-state index contributed by atoms with van der Waals surface area (Å²) in [6.07, 6.45) is 3.59. The van der Waals surface area contributed by atoms with Crippen LogP contribution in [0.5, 0.6) is 0 Å². The first kappa shape index (κ1) is 13.8. The van der Waals surface area contributed by atoms with Crippen molar-refractivity contribution < 1.29 is 14.6 Å². The van der Waals surface area contributed by atoms with Gasteiger partial charge in [-0.2, -0.15) is 5.10 Å². The minimum absolute atomic E-state index is 0.510. The summed E-state index contributed by atoms with van der Waals surface area (Å²) in [5.74, 6) is 0. The highest BCUT2D eigenvalue weighted by Gasteiger charge is 2.35. The van der Waals surface area contributed by atoms with Crippen LogP contribution >= 0.6 is 11.6 Å². The van der Waals surface area contributed by atoms with Gasteiger partial charge in [-0.3, -0.25) is 4.68 Å². The summed E-state index contributed by atoms with van der Waals surface area (Å²) in [5.41, 5.74) is -0.260. The number of halogens is 1. The monoisotopic (exact) mass is 274 g/mol. The predicted octanol–water partition coefficient (Wildman–Crippen LogP) is 1.57. The SMILES string of the molecule is COCCn1ncc(Cl)c1C1(O)CCCOCC1. The van der Waals surface area contributed by atoms with Crippen LogP contribution in [0.4, 0.5) is 0 Å². The molecular weight excluding hydrogens is 256 g/mol. The molecule has 1 aromatic rings. The van der Waals surface area contributed by atoms with Crippen LogP contribution in [0.25, 0.3) is 0 Å². The molecule has 1 unspecified atom stereocenters. The van der Waals surface area contributed by atoms with E-state index in [-0.39, 0.29) is 0 Å². The number of aliphatic hydroxyl groups is 1. The summed E-state index contributed by atoms with van der Waals surface area (Å²) < 4.78 is 12.2. The van der Waals surface area contributed by atoms with Crippen LogP contribution in [0.3, 0.4) is 0 Å². The zero-order valence-corrected chi connectivity index (χ0v) is 11.3. The summed E-state index contributed by atoms with van der Waals surface area (Å²) in [7, 11) is 1.64. The van der Waals surface area contributed by atoms with Crippen molar-refractivity contribution in [3.63, 3.8) is 0 Å². The van der Waals surface area contributed by atoms with E-state index in [4.69, 9.17) is 21.1 Å². The fourth-order valence-electron chi connectivity index (χ4n) is 2.34. The summed E-state index contributed by atoms with van der Waals surface area (Å²) in [4.78, 5) is 0. The number of hydrogen-bond acceptors (Lipinski definition) is 4. The molecule has 0 radical (unpaired) electrons. The van der Waals surface area contributed by atoms with E-state index in [9.17, 15) is 5.11 Å². The molecule has 1 aliphatic rings. The molecule has 0 aliphatic carbocycles. The average molecular weight is 275 g/mol. The molecule has 0 spiro atoms. The summed E-state index contributed by atoms with van der Waals surface area (Å²) in [5, 5.41) is 15.5. The molecule has 1 aromatic heterocycles. The van der Waals surface area contributed by atoms with Gasteiger partial charge in [-0.05, 0) is 12.8 Å². The Kier molecular flexibility index (Phi) is 4.61. The molecule has 0 amide bonds. The highest BCUT2D eigenvalue weighted by molar-refractivity contribution is 6.31. The molecule has 0 aromatic carbocycles. The van der Waals surface area contributed by atoms with E-state index in [2.05, 4.69) is 5.10 Å². The fraction of sp³-hybridized carbons (Fsp3) is 0.750. The van der Waals surface area contributed by atoms with Gasteiger partial charge < -0.3 is 14.6 Å². The van der Waals surface area contributed by atoms with E-state index in [1.807, 2.05) is 0 Å². The van der Waals surface area contributed by atoms with E-state index in [1.165, 1.54) is 0 Å². The third kappa shape index (κ3) is 2.85. The molecule has 1 saturated heterocycles. The Hall–Kier alpha value is -0.620. The fourth-order valence-corrected chi connectivity index (χ4v) is 2.66. The Labute approximate surface area is 112 Å². The van der Waals surface area contributed by atoms with Gasteiger partial charge in [0.15, 0.2) is 0 Å². The summed E-state index contributed by atoms with van der Waals surface area (Å²) >= 11 is 6.18. The van der Waals surface area contributed by atoms with Gasteiger partial charge in [0.25, 0.3) is 0 Å². The van der Waals surface area contributed by atoms with Crippen molar-refractivity contribution in [3.8, 4) is 0 Å². The van der Waals surface area contributed by atoms with Gasteiger partial charge in [0.1, 0.15) is 5.60 Å². The minimum atomic E-state index is -0.947. The van der Waals surface area contributed by atoms with Gasteiger partial charge in [-0.1, -0.05) is 11.6 Å². The Morgan fingerprint density at radius 1 is 1.56 bits per heavy atom. The molecule has 18 heavy (non-hydrogen) atoms. The number of methoxy groups -OCH3 is 1. The zero-order chi connectivity index (χ0) is 13.0.